The maximum absolute atomic E-state index is 13.2. The second-order valence-corrected chi connectivity index (χ2v) is 8.36. The maximum Gasteiger partial charge on any atom is 0.280 e. The molecule has 3 heterocycles. The van der Waals surface area contributed by atoms with E-state index in [2.05, 4.69) is 24.7 Å². The number of hydrogen-bond acceptors (Lipinski definition) is 9. The summed E-state index contributed by atoms with van der Waals surface area (Å²) in [5.41, 5.74) is 0.433. The molecule has 0 amide bonds. The molecule has 0 fully saturated rings. The van der Waals surface area contributed by atoms with E-state index in [9.17, 15) is 8.42 Å². The van der Waals surface area contributed by atoms with Crippen LogP contribution in [0.2, 0.25) is 0 Å². The minimum Gasteiger partial charge on any atom is -0.493 e. The molecule has 0 bridgehead atoms. The topological polar surface area (TPSA) is 125 Å². The monoisotopic (exact) mass is 483 g/mol. The number of pyridine rings is 2. The molecule has 0 saturated carbocycles. The summed E-state index contributed by atoms with van der Waals surface area (Å²) in [5, 5.41) is -0.307. The number of benzene rings is 1. The first-order chi connectivity index (χ1) is 18.1. The Kier molecular flexibility index (Phi) is 5.20. The van der Waals surface area contributed by atoms with Crippen molar-refractivity contribution in [1.29, 1.82) is 0 Å². The molecule has 0 spiro atoms. The van der Waals surface area contributed by atoms with Gasteiger partial charge in [0.25, 0.3) is 15.9 Å². The van der Waals surface area contributed by atoms with Crippen LogP contribution in [0, 0.1) is 6.92 Å². The quantitative estimate of drug-likeness (QED) is 0.398. The predicted octanol–water partition coefficient (Wildman–Crippen LogP) is 3.85. The SMILES string of the molecule is [2H]c1nc([2H])c([2H])c(-c2nc(NS(=O)(=O)c3ccc(C)cn3)c(Oc3ccccc3OC)c(OC)n2)c1[2H]. The number of rotatable bonds is 8. The number of sulfonamides is 1. The van der Waals surface area contributed by atoms with E-state index in [1.54, 1.807) is 37.3 Å². The minimum absolute atomic E-state index is 0.187. The van der Waals surface area contributed by atoms with Gasteiger partial charge in [-0.2, -0.15) is 13.4 Å². The van der Waals surface area contributed by atoms with Crippen LogP contribution in [-0.4, -0.2) is 42.6 Å². The predicted molar refractivity (Wildman–Crippen MR) is 125 cm³/mol. The lowest BCUT2D eigenvalue weighted by Crippen LogP contribution is -2.17. The van der Waals surface area contributed by atoms with Crippen LogP contribution in [0.4, 0.5) is 5.82 Å². The number of hydrogen-bond donors (Lipinski definition) is 1. The van der Waals surface area contributed by atoms with Crippen LogP contribution in [0.3, 0.4) is 0 Å². The Morgan fingerprint density at radius 3 is 2.35 bits per heavy atom. The van der Waals surface area contributed by atoms with Crippen molar-refractivity contribution in [3.8, 4) is 34.5 Å². The highest BCUT2D eigenvalue weighted by Crippen LogP contribution is 2.41. The first-order valence-corrected chi connectivity index (χ1v) is 11.2. The van der Waals surface area contributed by atoms with Crippen molar-refractivity contribution in [3.63, 3.8) is 0 Å². The molecule has 0 radical (unpaired) electrons. The van der Waals surface area contributed by atoms with E-state index in [4.69, 9.17) is 19.7 Å². The largest absolute Gasteiger partial charge is 0.493 e. The molecule has 3 aromatic heterocycles. The molecule has 4 aromatic rings. The lowest BCUT2D eigenvalue weighted by molar-refractivity contribution is 0.348. The van der Waals surface area contributed by atoms with Gasteiger partial charge in [0.1, 0.15) is 0 Å². The van der Waals surface area contributed by atoms with Gasteiger partial charge in [-0.1, -0.05) is 18.2 Å². The van der Waals surface area contributed by atoms with Crippen molar-refractivity contribution in [2.24, 2.45) is 0 Å². The number of nitrogens with zero attached hydrogens (tertiary/aromatic N) is 4. The first-order valence-electron chi connectivity index (χ1n) is 11.7. The van der Waals surface area contributed by atoms with Gasteiger partial charge in [0.05, 0.1) is 19.7 Å². The summed E-state index contributed by atoms with van der Waals surface area (Å²) in [7, 11) is -1.64. The molecule has 11 heteroatoms. The van der Waals surface area contributed by atoms with Gasteiger partial charge in [-0.25, -0.2) is 9.97 Å². The fraction of sp³-hybridized carbons (Fsp3) is 0.130. The molecule has 1 N–H and O–H groups in total. The van der Waals surface area contributed by atoms with E-state index in [1.165, 1.54) is 26.5 Å². The molecule has 174 valence electrons. The molecule has 4 rings (SSSR count). The van der Waals surface area contributed by atoms with Crippen LogP contribution in [0.25, 0.3) is 11.4 Å². The van der Waals surface area contributed by atoms with Crippen molar-refractivity contribution in [3.05, 3.63) is 72.6 Å². The molecular weight excluding hydrogens is 458 g/mol. The van der Waals surface area contributed by atoms with Crippen molar-refractivity contribution in [2.75, 3.05) is 18.9 Å². The average molecular weight is 484 g/mol. The maximum atomic E-state index is 13.2. The second-order valence-electron chi connectivity index (χ2n) is 6.73. The summed E-state index contributed by atoms with van der Waals surface area (Å²) >= 11 is 0. The Balaban J connectivity index is 1.95. The van der Waals surface area contributed by atoms with Gasteiger partial charge in [0.2, 0.25) is 5.75 Å². The highest BCUT2D eigenvalue weighted by Gasteiger charge is 2.25. The number of ether oxygens (including phenoxy) is 3. The van der Waals surface area contributed by atoms with E-state index >= 15 is 0 Å². The summed E-state index contributed by atoms with van der Waals surface area (Å²) in [6, 6.07) is 8.39. The smallest absolute Gasteiger partial charge is 0.280 e. The van der Waals surface area contributed by atoms with Gasteiger partial charge in [0.15, 0.2) is 28.2 Å². The van der Waals surface area contributed by atoms with E-state index in [0.717, 1.165) is 5.56 Å². The highest BCUT2D eigenvalue weighted by molar-refractivity contribution is 7.92. The van der Waals surface area contributed by atoms with E-state index in [1.807, 2.05) is 0 Å². The van der Waals surface area contributed by atoms with Gasteiger partial charge >= 0.3 is 0 Å². The molecular formula is C23H21N5O5S. The highest BCUT2D eigenvalue weighted by atomic mass is 32.2. The van der Waals surface area contributed by atoms with Crippen LogP contribution in [0.15, 0.2) is 72.1 Å². The standard InChI is InChI=1S/C23H21N5O5S/c1-15-8-9-19(25-14-15)34(29,30)28-22-20(33-18-7-5-4-6-17(18)31-2)23(32-3)27-21(26-22)16-10-12-24-13-11-16/h4-14H,1-3H3,(H,26,27,28)/i10D,11D,12D,13D. The second kappa shape index (κ2) is 9.71. The van der Waals surface area contributed by atoms with Gasteiger partial charge in [0, 0.05) is 24.1 Å². The first kappa shape index (κ1) is 18.2. The fourth-order valence-corrected chi connectivity index (χ4v) is 3.72. The third kappa shape index (κ3) is 4.89. The molecule has 0 aliphatic heterocycles. The van der Waals surface area contributed by atoms with Crippen molar-refractivity contribution < 1.29 is 28.1 Å². The third-order valence-corrected chi connectivity index (χ3v) is 5.65. The Morgan fingerprint density at radius 1 is 0.971 bits per heavy atom. The lowest BCUT2D eigenvalue weighted by atomic mass is 10.2. The molecule has 0 aliphatic rings. The van der Waals surface area contributed by atoms with Gasteiger partial charge in [-0.05, 0) is 42.8 Å². The van der Waals surface area contributed by atoms with Crippen LogP contribution in [0.1, 0.15) is 11.0 Å². The Labute approximate surface area is 202 Å². The molecule has 0 unspecified atom stereocenters. The molecule has 0 atom stereocenters. The van der Waals surface area contributed by atoms with Crippen molar-refractivity contribution in [2.45, 2.75) is 11.9 Å². The van der Waals surface area contributed by atoms with Gasteiger partial charge in [-0.15, -0.1) is 0 Å². The molecule has 0 saturated heterocycles. The fourth-order valence-electron chi connectivity index (χ4n) is 2.79. The zero-order valence-corrected chi connectivity index (χ0v) is 19.1. The number of para-hydroxylation sites is 2. The number of methoxy groups -OCH3 is 2. The third-order valence-electron chi connectivity index (χ3n) is 4.40. The lowest BCUT2D eigenvalue weighted by Gasteiger charge is -2.17. The number of nitrogens with one attached hydrogen (secondary N) is 1. The molecule has 34 heavy (non-hydrogen) atoms. The van der Waals surface area contributed by atoms with Crippen molar-refractivity contribution >= 4 is 15.8 Å². The number of aromatic nitrogens is 4. The zero-order valence-electron chi connectivity index (χ0n) is 22.3. The van der Waals surface area contributed by atoms with Crippen LogP contribution >= 0.6 is 0 Å². The Hall–Kier alpha value is -4.25. The summed E-state index contributed by atoms with van der Waals surface area (Å²) < 4.78 is 77.6. The molecule has 1 aromatic carbocycles. The van der Waals surface area contributed by atoms with Crippen LogP contribution < -0.4 is 18.9 Å². The summed E-state index contributed by atoms with van der Waals surface area (Å²) in [5.74, 6) is -0.769. The summed E-state index contributed by atoms with van der Waals surface area (Å²) in [6.45, 7) is 1.75. The van der Waals surface area contributed by atoms with Crippen LogP contribution in [-0.2, 0) is 10.0 Å². The normalized spacial score (nSPS) is 12.7. The number of anilines is 1. The summed E-state index contributed by atoms with van der Waals surface area (Å²) in [6.07, 6.45) is 0.224. The van der Waals surface area contributed by atoms with Gasteiger partial charge < -0.3 is 14.2 Å². The van der Waals surface area contributed by atoms with Crippen LogP contribution in [0.5, 0.6) is 23.1 Å². The van der Waals surface area contributed by atoms with Crippen molar-refractivity contribution in [1.82, 2.24) is 19.9 Å². The molecule has 0 aliphatic carbocycles. The Morgan fingerprint density at radius 2 is 1.71 bits per heavy atom. The van der Waals surface area contributed by atoms with Gasteiger partial charge in [-0.3, -0.25) is 9.71 Å². The zero-order chi connectivity index (χ0) is 27.6. The summed E-state index contributed by atoms with van der Waals surface area (Å²) in [4.78, 5) is 15.9. The van der Waals surface area contributed by atoms with E-state index < -0.39 is 40.3 Å². The van der Waals surface area contributed by atoms with E-state index in [0.29, 0.717) is 5.75 Å². The minimum atomic E-state index is -4.32. The molecule has 10 nitrogen and oxygen atoms in total. The average Bonchev–Trinajstić information content (AvgIpc) is 2.89. The number of aryl methyl sites for hydroxylation is 1. The van der Waals surface area contributed by atoms with E-state index in [-0.39, 0.29) is 33.8 Å². The Bertz CT molecular complexity index is 1600.